The van der Waals surface area contributed by atoms with Gasteiger partial charge in [-0.15, -0.1) is 24.0 Å². The molecule has 0 spiro atoms. The Morgan fingerprint density at radius 2 is 1.90 bits per heavy atom. The van der Waals surface area contributed by atoms with Crippen molar-refractivity contribution in [3.8, 4) is 0 Å². The van der Waals surface area contributed by atoms with Crippen LogP contribution in [0.5, 0.6) is 0 Å². The third kappa shape index (κ3) is 12.9. The van der Waals surface area contributed by atoms with Crippen LogP contribution >= 0.6 is 24.0 Å². The summed E-state index contributed by atoms with van der Waals surface area (Å²) < 4.78 is 10.8. The number of nitrogens with zero attached hydrogens (tertiary/aromatic N) is 1. The molecule has 0 unspecified atom stereocenters. The molecule has 0 aliphatic heterocycles. The molecule has 0 bridgehead atoms. The van der Waals surface area contributed by atoms with Gasteiger partial charge in [0.2, 0.25) is 0 Å². The van der Waals surface area contributed by atoms with Crippen LogP contribution in [0.2, 0.25) is 0 Å². The number of halogens is 1. The van der Waals surface area contributed by atoms with Crippen LogP contribution in [0, 0.1) is 0 Å². The zero-order valence-electron chi connectivity index (χ0n) is 13.8. The Morgan fingerprint density at radius 3 is 2.40 bits per heavy atom. The lowest BCUT2D eigenvalue weighted by Crippen LogP contribution is -2.39. The highest BCUT2D eigenvalue weighted by Crippen LogP contribution is 2.06. The molecule has 0 aliphatic rings. The number of hydrogen-bond acceptors (Lipinski definition) is 3. The molecule has 0 aliphatic carbocycles. The average Bonchev–Trinajstić information content (AvgIpc) is 2.35. The second-order valence-corrected chi connectivity index (χ2v) is 5.36. The summed E-state index contributed by atoms with van der Waals surface area (Å²) in [5.74, 6) is 0.831. The van der Waals surface area contributed by atoms with Crippen LogP contribution in [0.3, 0.4) is 0 Å². The number of guanidine groups is 1. The van der Waals surface area contributed by atoms with Crippen molar-refractivity contribution in [2.45, 2.75) is 52.7 Å². The molecule has 0 aromatic heterocycles. The molecule has 0 atom stereocenters. The third-order valence-corrected chi connectivity index (χ3v) is 2.58. The lowest BCUT2D eigenvalue weighted by Gasteiger charge is -2.21. The van der Waals surface area contributed by atoms with Gasteiger partial charge in [0.05, 0.1) is 18.2 Å². The van der Waals surface area contributed by atoms with E-state index >= 15 is 0 Å². The van der Waals surface area contributed by atoms with Crippen molar-refractivity contribution in [1.82, 2.24) is 10.6 Å². The maximum Gasteiger partial charge on any atom is 0.191 e. The summed E-state index contributed by atoms with van der Waals surface area (Å²) in [6.45, 7) is 13.3. The van der Waals surface area contributed by atoms with Gasteiger partial charge in [0, 0.05) is 26.8 Å². The summed E-state index contributed by atoms with van der Waals surface area (Å²) >= 11 is 0. The first-order chi connectivity index (χ1) is 8.91. The molecular weight excluding hydrogens is 369 g/mol. The predicted molar refractivity (Wildman–Crippen MR) is 96.2 cm³/mol. The van der Waals surface area contributed by atoms with Crippen LogP contribution in [-0.2, 0) is 9.47 Å². The molecule has 0 rings (SSSR count). The van der Waals surface area contributed by atoms with Crippen molar-refractivity contribution >= 4 is 29.9 Å². The molecule has 0 heterocycles. The van der Waals surface area contributed by atoms with Crippen LogP contribution in [0.4, 0.5) is 0 Å². The van der Waals surface area contributed by atoms with Gasteiger partial charge in [-0.2, -0.15) is 0 Å². The number of ether oxygens (including phenoxy) is 2. The quantitative estimate of drug-likeness (QED) is 0.270. The minimum Gasteiger partial charge on any atom is -0.379 e. The maximum absolute atomic E-state index is 5.49. The standard InChI is InChI=1S/C14H31N3O2.HI/c1-7-15-13(17-11-14(4,5)18-6)16-9-8-10-19-12(2)3;/h12H,7-11H2,1-6H3,(H2,15,16,17);1H. The number of rotatable bonds is 9. The number of methoxy groups -OCH3 is 1. The van der Waals surface area contributed by atoms with Gasteiger partial charge in [0.15, 0.2) is 5.96 Å². The molecule has 0 radical (unpaired) electrons. The normalized spacial score (nSPS) is 12.2. The second-order valence-electron chi connectivity index (χ2n) is 5.36. The minimum atomic E-state index is -0.233. The molecule has 6 heteroatoms. The van der Waals surface area contributed by atoms with Gasteiger partial charge in [-0.25, -0.2) is 0 Å². The fourth-order valence-electron chi connectivity index (χ4n) is 1.27. The van der Waals surface area contributed by atoms with E-state index in [1.807, 2.05) is 27.7 Å². The minimum absolute atomic E-state index is 0. The number of aliphatic imine (C=N–C) groups is 1. The van der Waals surface area contributed by atoms with E-state index in [0.717, 1.165) is 32.1 Å². The highest BCUT2D eigenvalue weighted by Gasteiger charge is 2.15. The summed E-state index contributed by atoms with van der Waals surface area (Å²) in [6, 6.07) is 0. The molecule has 0 saturated carbocycles. The first-order valence-corrected chi connectivity index (χ1v) is 7.10. The van der Waals surface area contributed by atoms with E-state index < -0.39 is 0 Å². The van der Waals surface area contributed by atoms with Crippen LogP contribution in [0.25, 0.3) is 0 Å². The first kappa shape index (κ1) is 22.2. The molecule has 20 heavy (non-hydrogen) atoms. The smallest absolute Gasteiger partial charge is 0.191 e. The number of hydrogen-bond donors (Lipinski definition) is 2. The van der Waals surface area contributed by atoms with E-state index in [1.54, 1.807) is 7.11 Å². The van der Waals surface area contributed by atoms with E-state index in [2.05, 4.69) is 22.5 Å². The molecule has 0 aromatic carbocycles. The van der Waals surface area contributed by atoms with E-state index in [4.69, 9.17) is 9.47 Å². The molecule has 2 N–H and O–H groups in total. The highest BCUT2D eigenvalue weighted by molar-refractivity contribution is 14.0. The highest BCUT2D eigenvalue weighted by atomic mass is 127. The molecule has 5 nitrogen and oxygen atoms in total. The topological polar surface area (TPSA) is 54.9 Å². The maximum atomic E-state index is 5.49. The van der Waals surface area contributed by atoms with Crippen molar-refractivity contribution < 1.29 is 9.47 Å². The molecule has 0 aromatic rings. The SMILES string of the molecule is CCNC(=NCC(C)(C)OC)NCCCOC(C)C.I. The Bertz CT molecular complexity index is 259. The Hall–Kier alpha value is -0.0800. The Labute approximate surface area is 141 Å². The van der Waals surface area contributed by atoms with E-state index in [-0.39, 0.29) is 29.6 Å². The van der Waals surface area contributed by atoms with Gasteiger partial charge < -0.3 is 20.1 Å². The van der Waals surface area contributed by atoms with E-state index in [1.165, 1.54) is 0 Å². The van der Waals surface area contributed by atoms with Crippen molar-refractivity contribution in [1.29, 1.82) is 0 Å². The van der Waals surface area contributed by atoms with Crippen LogP contribution < -0.4 is 10.6 Å². The summed E-state index contributed by atoms with van der Waals surface area (Å²) in [4.78, 5) is 4.52. The fourth-order valence-corrected chi connectivity index (χ4v) is 1.27. The lowest BCUT2D eigenvalue weighted by molar-refractivity contribution is 0.0310. The number of nitrogens with one attached hydrogen (secondary N) is 2. The third-order valence-electron chi connectivity index (χ3n) is 2.58. The zero-order valence-corrected chi connectivity index (χ0v) is 16.1. The first-order valence-electron chi connectivity index (χ1n) is 7.10. The van der Waals surface area contributed by atoms with Gasteiger partial charge in [-0.05, 0) is 41.0 Å². The van der Waals surface area contributed by atoms with Crippen LogP contribution in [0.1, 0.15) is 41.0 Å². The summed E-state index contributed by atoms with van der Waals surface area (Å²) in [6.07, 6.45) is 1.26. The Balaban J connectivity index is 0. The van der Waals surface area contributed by atoms with Crippen molar-refractivity contribution in [3.63, 3.8) is 0 Å². The van der Waals surface area contributed by atoms with Gasteiger partial charge in [0.1, 0.15) is 0 Å². The molecule has 0 amide bonds. The van der Waals surface area contributed by atoms with E-state index in [0.29, 0.717) is 12.6 Å². The largest absolute Gasteiger partial charge is 0.379 e. The summed E-state index contributed by atoms with van der Waals surface area (Å²) in [5.41, 5.74) is -0.233. The van der Waals surface area contributed by atoms with Gasteiger partial charge >= 0.3 is 0 Å². The predicted octanol–water partition coefficient (Wildman–Crippen LogP) is 2.40. The van der Waals surface area contributed by atoms with Gasteiger partial charge in [-0.3, -0.25) is 4.99 Å². The lowest BCUT2D eigenvalue weighted by atomic mass is 10.1. The Morgan fingerprint density at radius 1 is 1.25 bits per heavy atom. The van der Waals surface area contributed by atoms with Crippen LogP contribution in [-0.4, -0.2) is 51.0 Å². The van der Waals surface area contributed by atoms with Crippen LogP contribution in [0.15, 0.2) is 4.99 Å². The summed E-state index contributed by atoms with van der Waals surface area (Å²) in [5, 5.41) is 6.52. The zero-order chi connectivity index (χ0) is 14.7. The average molecular weight is 401 g/mol. The fraction of sp³-hybridized carbons (Fsp3) is 0.929. The molecule has 0 fully saturated rings. The second kappa shape index (κ2) is 12.6. The van der Waals surface area contributed by atoms with Gasteiger partial charge in [0.25, 0.3) is 0 Å². The monoisotopic (exact) mass is 401 g/mol. The summed E-state index contributed by atoms with van der Waals surface area (Å²) in [7, 11) is 1.71. The molecule has 0 saturated heterocycles. The Kier molecular flexibility index (Phi) is 14.0. The molecule has 122 valence electrons. The van der Waals surface area contributed by atoms with Gasteiger partial charge in [-0.1, -0.05) is 0 Å². The van der Waals surface area contributed by atoms with Crippen molar-refractivity contribution in [3.05, 3.63) is 0 Å². The van der Waals surface area contributed by atoms with Crippen molar-refractivity contribution in [2.75, 3.05) is 33.4 Å². The van der Waals surface area contributed by atoms with E-state index in [9.17, 15) is 0 Å². The molecular formula is C14H32IN3O2. The van der Waals surface area contributed by atoms with Crippen molar-refractivity contribution in [2.24, 2.45) is 4.99 Å².